The van der Waals surface area contributed by atoms with Gasteiger partial charge in [0.15, 0.2) is 0 Å². The number of sulfonamides is 1. The zero-order valence-corrected chi connectivity index (χ0v) is 15.3. The Bertz CT molecular complexity index is 633. The van der Waals surface area contributed by atoms with Gasteiger partial charge in [-0.05, 0) is 32.0 Å². The minimum Gasteiger partial charge on any atom is -0.492 e. The number of nitrogens with one attached hydrogen (secondary N) is 1. The number of benzene rings is 1. The van der Waals surface area contributed by atoms with Gasteiger partial charge in [-0.3, -0.25) is 4.79 Å². The van der Waals surface area contributed by atoms with Crippen molar-refractivity contribution in [3.8, 4) is 5.75 Å². The van der Waals surface area contributed by atoms with Crippen molar-refractivity contribution in [3.63, 3.8) is 0 Å². The third kappa shape index (κ3) is 5.98. The molecule has 1 unspecified atom stereocenters. The Kier molecular flexibility index (Phi) is 8.54. The van der Waals surface area contributed by atoms with E-state index in [4.69, 9.17) is 10.5 Å². The molecule has 0 heterocycles. The third-order valence-corrected chi connectivity index (χ3v) is 4.63. The molecule has 1 rings (SSSR count). The maximum atomic E-state index is 12.4. The molecule has 132 valence electrons. The number of nitrogens with two attached hydrogens (primary N) is 1. The first-order valence-corrected chi connectivity index (χ1v) is 8.37. The fraction of sp³-hybridized carbons (Fsp3) is 0.500. The largest absolute Gasteiger partial charge is 0.492 e. The predicted molar refractivity (Wildman–Crippen MR) is 92.6 cm³/mol. The van der Waals surface area contributed by atoms with E-state index in [1.807, 2.05) is 0 Å². The minimum absolute atomic E-state index is 0. The molecule has 0 aromatic heterocycles. The molecule has 1 atom stereocenters. The lowest BCUT2D eigenvalue weighted by molar-refractivity contribution is -0.116. The quantitative estimate of drug-likeness (QED) is 0.761. The van der Waals surface area contributed by atoms with E-state index < -0.39 is 10.0 Å². The number of carbonyl (C=O) groups excluding carboxylic acids is 1. The summed E-state index contributed by atoms with van der Waals surface area (Å²) < 4.78 is 31.2. The lowest BCUT2D eigenvalue weighted by Gasteiger charge is -2.17. The molecule has 23 heavy (non-hydrogen) atoms. The van der Waals surface area contributed by atoms with Gasteiger partial charge in [0.05, 0.1) is 6.61 Å². The lowest BCUT2D eigenvalue weighted by atomic mass is 10.2. The molecule has 0 saturated heterocycles. The third-order valence-electron chi connectivity index (χ3n) is 2.79. The zero-order chi connectivity index (χ0) is 16.9. The molecule has 0 bridgehead atoms. The molecule has 3 N–H and O–H groups in total. The lowest BCUT2D eigenvalue weighted by Crippen LogP contribution is -2.25. The molecule has 0 aliphatic heterocycles. The van der Waals surface area contributed by atoms with Crippen LogP contribution in [-0.2, 0) is 14.8 Å². The molecule has 9 heteroatoms. The highest BCUT2D eigenvalue weighted by molar-refractivity contribution is 7.89. The SMILES string of the molecule is CCOc1ccc(NC(=O)CC(C)N)cc1S(=O)(=O)N(C)C.Cl. The van der Waals surface area contributed by atoms with E-state index in [0.29, 0.717) is 12.3 Å². The highest BCUT2D eigenvalue weighted by atomic mass is 35.5. The number of amides is 1. The number of ether oxygens (including phenoxy) is 1. The average molecular weight is 366 g/mol. The molecule has 0 aliphatic carbocycles. The molecule has 1 aromatic rings. The fourth-order valence-electron chi connectivity index (χ4n) is 1.76. The molecule has 0 radical (unpaired) electrons. The Hall–Kier alpha value is -1.35. The van der Waals surface area contributed by atoms with Crippen molar-refractivity contribution < 1.29 is 17.9 Å². The smallest absolute Gasteiger partial charge is 0.246 e. The van der Waals surface area contributed by atoms with Crippen LogP contribution in [0, 0.1) is 0 Å². The van der Waals surface area contributed by atoms with E-state index >= 15 is 0 Å². The van der Waals surface area contributed by atoms with Crippen molar-refractivity contribution in [2.24, 2.45) is 5.73 Å². The van der Waals surface area contributed by atoms with Gasteiger partial charge >= 0.3 is 0 Å². The molecule has 7 nitrogen and oxygen atoms in total. The normalized spacial score (nSPS) is 12.4. The molecular weight excluding hydrogens is 342 g/mol. The first-order valence-electron chi connectivity index (χ1n) is 6.93. The van der Waals surface area contributed by atoms with Gasteiger partial charge in [0.25, 0.3) is 0 Å². The average Bonchev–Trinajstić information content (AvgIpc) is 2.39. The van der Waals surface area contributed by atoms with Gasteiger partial charge in [0.2, 0.25) is 15.9 Å². The Labute approximate surface area is 143 Å². The Morgan fingerprint density at radius 1 is 1.39 bits per heavy atom. The van der Waals surface area contributed by atoms with Crippen molar-refractivity contribution >= 4 is 34.0 Å². The van der Waals surface area contributed by atoms with Gasteiger partial charge in [-0.25, -0.2) is 12.7 Å². The van der Waals surface area contributed by atoms with Gasteiger partial charge in [-0.1, -0.05) is 0 Å². The van der Waals surface area contributed by atoms with Crippen molar-refractivity contribution in [1.29, 1.82) is 0 Å². The number of nitrogens with zero attached hydrogens (tertiary/aromatic N) is 1. The standard InChI is InChI=1S/C14H23N3O4S.ClH/c1-5-21-12-7-6-11(16-14(18)8-10(2)15)9-13(12)22(19,20)17(3)4;/h6-7,9-10H,5,8,15H2,1-4H3,(H,16,18);1H. The van der Waals surface area contributed by atoms with Gasteiger partial charge in [-0.15, -0.1) is 12.4 Å². The number of hydrogen-bond donors (Lipinski definition) is 2. The first-order chi connectivity index (χ1) is 10.2. The number of anilines is 1. The van der Waals surface area contributed by atoms with Crippen molar-refractivity contribution in [2.45, 2.75) is 31.2 Å². The van der Waals surface area contributed by atoms with Crippen molar-refractivity contribution in [3.05, 3.63) is 18.2 Å². The van der Waals surface area contributed by atoms with Crippen LogP contribution >= 0.6 is 12.4 Å². The zero-order valence-electron chi connectivity index (χ0n) is 13.7. The van der Waals surface area contributed by atoms with Gasteiger partial charge < -0.3 is 15.8 Å². The van der Waals surface area contributed by atoms with E-state index in [-0.39, 0.29) is 41.4 Å². The molecular formula is C14H24ClN3O4S. The summed E-state index contributed by atoms with van der Waals surface area (Å²) >= 11 is 0. The Morgan fingerprint density at radius 3 is 2.48 bits per heavy atom. The highest BCUT2D eigenvalue weighted by Crippen LogP contribution is 2.29. The summed E-state index contributed by atoms with van der Waals surface area (Å²) in [6.45, 7) is 3.83. The highest BCUT2D eigenvalue weighted by Gasteiger charge is 2.23. The summed E-state index contributed by atoms with van der Waals surface area (Å²) in [7, 11) is -0.805. The van der Waals surface area contributed by atoms with E-state index in [2.05, 4.69) is 5.32 Å². The summed E-state index contributed by atoms with van der Waals surface area (Å²) in [5.74, 6) is -0.0197. The van der Waals surface area contributed by atoms with Gasteiger partial charge in [0, 0.05) is 32.2 Å². The molecule has 0 fully saturated rings. The molecule has 0 aliphatic rings. The first kappa shape index (κ1) is 21.6. The second-order valence-electron chi connectivity index (χ2n) is 5.11. The van der Waals surface area contributed by atoms with Crippen molar-refractivity contribution in [1.82, 2.24) is 4.31 Å². The monoisotopic (exact) mass is 365 g/mol. The maximum Gasteiger partial charge on any atom is 0.246 e. The van der Waals surface area contributed by atoms with E-state index in [0.717, 1.165) is 4.31 Å². The second-order valence-corrected chi connectivity index (χ2v) is 7.23. The number of hydrogen-bond acceptors (Lipinski definition) is 5. The minimum atomic E-state index is -3.68. The van der Waals surface area contributed by atoms with Crippen LogP contribution in [-0.4, -0.2) is 45.4 Å². The number of carbonyl (C=O) groups is 1. The van der Waals surface area contributed by atoms with Gasteiger partial charge in [-0.2, -0.15) is 0 Å². The Balaban J connectivity index is 0.00000484. The Morgan fingerprint density at radius 2 is 2.00 bits per heavy atom. The van der Waals surface area contributed by atoms with Crippen LogP contribution in [0.5, 0.6) is 5.75 Å². The van der Waals surface area contributed by atoms with E-state index in [9.17, 15) is 13.2 Å². The summed E-state index contributed by atoms with van der Waals surface area (Å²) in [4.78, 5) is 11.8. The van der Waals surface area contributed by atoms with Crippen LogP contribution in [0.15, 0.2) is 23.1 Å². The van der Waals surface area contributed by atoms with Crippen LogP contribution in [0.3, 0.4) is 0 Å². The fourth-order valence-corrected chi connectivity index (χ4v) is 2.81. The predicted octanol–water partition coefficient (Wildman–Crippen LogP) is 1.43. The number of rotatable bonds is 7. The van der Waals surface area contributed by atoms with Crippen LogP contribution in [0.25, 0.3) is 0 Å². The van der Waals surface area contributed by atoms with Crippen LogP contribution in [0.2, 0.25) is 0 Å². The topological polar surface area (TPSA) is 102 Å². The van der Waals surface area contributed by atoms with E-state index in [1.165, 1.54) is 26.2 Å². The van der Waals surface area contributed by atoms with Crippen LogP contribution in [0.4, 0.5) is 5.69 Å². The molecule has 0 saturated carbocycles. The summed E-state index contributed by atoms with van der Waals surface area (Å²) in [6.07, 6.45) is 0.156. The van der Waals surface area contributed by atoms with E-state index in [1.54, 1.807) is 19.9 Å². The summed E-state index contributed by atoms with van der Waals surface area (Å²) in [5, 5.41) is 2.64. The summed E-state index contributed by atoms with van der Waals surface area (Å²) in [5.41, 5.74) is 5.95. The molecule has 1 aromatic carbocycles. The molecule has 1 amide bonds. The second kappa shape index (κ2) is 9.07. The van der Waals surface area contributed by atoms with Gasteiger partial charge in [0.1, 0.15) is 10.6 Å². The molecule has 0 spiro atoms. The van der Waals surface area contributed by atoms with Crippen LogP contribution in [0.1, 0.15) is 20.3 Å². The summed E-state index contributed by atoms with van der Waals surface area (Å²) in [6, 6.07) is 4.24. The number of halogens is 1. The maximum absolute atomic E-state index is 12.4. The van der Waals surface area contributed by atoms with Crippen molar-refractivity contribution in [2.75, 3.05) is 26.0 Å². The van der Waals surface area contributed by atoms with Crippen LogP contribution < -0.4 is 15.8 Å².